The molecule has 0 aromatic rings. The van der Waals surface area contributed by atoms with Crippen molar-refractivity contribution in [2.45, 2.75) is 51.6 Å². The lowest BCUT2D eigenvalue weighted by Gasteiger charge is -2.38. The highest BCUT2D eigenvalue weighted by Gasteiger charge is 2.29. The van der Waals surface area contributed by atoms with Gasteiger partial charge in [0.2, 0.25) is 5.91 Å². The lowest BCUT2D eigenvalue weighted by atomic mass is 9.93. The van der Waals surface area contributed by atoms with Crippen LogP contribution in [0.1, 0.15) is 39.5 Å². The molecule has 2 saturated heterocycles. The Balaban J connectivity index is 1.82. The minimum atomic E-state index is -0.0334. The second kappa shape index (κ2) is 6.71. The van der Waals surface area contributed by atoms with Crippen molar-refractivity contribution in [1.82, 2.24) is 15.1 Å². The summed E-state index contributed by atoms with van der Waals surface area (Å²) in [6, 6.07) is 0.453. The van der Waals surface area contributed by atoms with Crippen LogP contribution in [0.15, 0.2) is 0 Å². The van der Waals surface area contributed by atoms with Crippen molar-refractivity contribution >= 4 is 5.91 Å². The van der Waals surface area contributed by atoms with Crippen LogP contribution in [0.5, 0.6) is 0 Å². The molecule has 1 N–H and O–H groups in total. The summed E-state index contributed by atoms with van der Waals surface area (Å²) in [5, 5.41) is 3.57. The first-order valence-corrected chi connectivity index (χ1v) is 7.81. The van der Waals surface area contributed by atoms with Crippen molar-refractivity contribution < 1.29 is 4.79 Å². The Labute approximate surface area is 117 Å². The smallest absolute Gasteiger partial charge is 0.239 e. The van der Waals surface area contributed by atoms with E-state index in [2.05, 4.69) is 24.2 Å². The minimum absolute atomic E-state index is 0.0334. The Morgan fingerprint density at radius 2 is 1.89 bits per heavy atom. The summed E-state index contributed by atoms with van der Waals surface area (Å²) in [7, 11) is 2.18. The molecule has 19 heavy (non-hydrogen) atoms. The van der Waals surface area contributed by atoms with Gasteiger partial charge >= 0.3 is 0 Å². The van der Waals surface area contributed by atoms with Gasteiger partial charge in [0.05, 0.1) is 6.04 Å². The lowest BCUT2D eigenvalue weighted by Crippen LogP contribution is -2.54. The molecule has 2 aliphatic rings. The van der Waals surface area contributed by atoms with E-state index in [1.54, 1.807) is 0 Å². The molecule has 4 heteroatoms. The van der Waals surface area contributed by atoms with Gasteiger partial charge in [0.1, 0.15) is 0 Å². The minimum Gasteiger partial charge on any atom is -0.341 e. The van der Waals surface area contributed by atoms with Gasteiger partial charge < -0.3 is 15.1 Å². The first-order chi connectivity index (χ1) is 9.08. The maximum Gasteiger partial charge on any atom is 0.239 e. The van der Waals surface area contributed by atoms with E-state index in [-0.39, 0.29) is 6.04 Å². The second-order valence-corrected chi connectivity index (χ2v) is 6.41. The van der Waals surface area contributed by atoms with E-state index in [0.717, 1.165) is 32.6 Å². The van der Waals surface area contributed by atoms with Gasteiger partial charge in [-0.1, -0.05) is 6.92 Å². The van der Waals surface area contributed by atoms with Crippen LogP contribution in [0.3, 0.4) is 0 Å². The predicted octanol–water partition coefficient (Wildman–Crippen LogP) is 1.32. The SMILES string of the molecule is CC(NC1CCN(C)CC1C)C(=O)N1CCCCC1. The number of likely N-dealkylation sites (tertiary alicyclic amines) is 2. The van der Waals surface area contributed by atoms with Crippen LogP contribution in [-0.2, 0) is 4.79 Å². The number of nitrogens with one attached hydrogen (secondary N) is 1. The summed E-state index contributed by atoms with van der Waals surface area (Å²) in [5.41, 5.74) is 0. The number of piperidine rings is 2. The maximum absolute atomic E-state index is 12.4. The molecule has 0 bridgehead atoms. The van der Waals surface area contributed by atoms with Crippen molar-refractivity contribution in [3.63, 3.8) is 0 Å². The third-order valence-corrected chi connectivity index (χ3v) is 4.61. The molecular weight excluding hydrogens is 238 g/mol. The fourth-order valence-corrected chi connectivity index (χ4v) is 3.38. The summed E-state index contributed by atoms with van der Waals surface area (Å²) in [5.74, 6) is 0.918. The van der Waals surface area contributed by atoms with E-state index in [4.69, 9.17) is 0 Å². The third kappa shape index (κ3) is 3.93. The molecule has 0 radical (unpaired) electrons. The van der Waals surface area contributed by atoms with Crippen LogP contribution < -0.4 is 5.32 Å². The van der Waals surface area contributed by atoms with E-state index in [0.29, 0.717) is 17.9 Å². The quantitative estimate of drug-likeness (QED) is 0.837. The highest BCUT2D eigenvalue weighted by atomic mass is 16.2. The topological polar surface area (TPSA) is 35.6 Å². The van der Waals surface area contributed by atoms with Crippen molar-refractivity contribution in [2.75, 3.05) is 33.2 Å². The standard InChI is InChI=1S/C15H29N3O/c1-12-11-17(3)10-7-14(12)16-13(2)15(19)18-8-5-4-6-9-18/h12-14,16H,4-11H2,1-3H3. The Kier molecular flexibility index (Phi) is 5.22. The number of nitrogens with zero attached hydrogens (tertiary/aromatic N) is 2. The molecule has 3 atom stereocenters. The van der Waals surface area contributed by atoms with E-state index in [1.165, 1.54) is 19.3 Å². The second-order valence-electron chi connectivity index (χ2n) is 6.41. The van der Waals surface area contributed by atoms with Crippen LogP contribution in [0.2, 0.25) is 0 Å². The monoisotopic (exact) mass is 267 g/mol. The maximum atomic E-state index is 12.4. The Hall–Kier alpha value is -0.610. The van der Waals surface area contributed by atoms with Crippen molar-refractivity contribution in [2.24, 2.45) is 5.92 Å². The third-order valence-electron chi connectivity index (χ3n) is 4.61. The molecule has 0 aliphatic carbocycles. The average Bonchev–Trinajstić information content (AvgIpc) is 2.42. The van der Waals surface area contributed by atoms with Gasteiger partial charge in [-0.05, 0) is 52.1 Å². The molecule has 3 unspecified atom stereocenters. The molecular formula is C15H29N3O. The van der Waals surface area contributed by atoms with Crippen LogP contribution in [0, 0.1) is 5.92 Å². The predicted molar refractivity (Wildman–Crippen MR) is 78.1 cm³/mol. The zero-order valence-electron chi connectivity index (χ0n) is 12.7. The van der Waals surface area contributed by atoms with Crippen LogP contribution >= 0.6 is 0 Å². The fourth-order valence-electron chi connectivity index (χ4n) is 3.38. The largest absolute Gasteiger partial charge is 0.341 e. The van der Waals surface area contributed by atoms with Crippen LogP contribution in [0.25, 0.3) is 0 Å². The molecule has 0 spiro atoms. The van der Waals surface area contributed by atoms with Crippen molar-refractivity contribution in [3.8, 4) is 0 Å². The summed E-state index contributed by atoms with van der Waals surface area (Å²) in [6.45, 7) is 8.48. The number of carbonyl (C=O) groups is 1. The summed E-state index contributed by atoms with van der Waals surface area (Å²) >= 11 is 0. The highest BCUT2D eigenvalue weighted by Crippen LogP contribution is 2.17. The van der Waals surface area contributed by atoms with Crippen LogP contribution in [-0.4, -0.2) is 61.0 Å². The van der Waals surface area contributed by atoms with Gasteiger partial charge in [0.25, 0.3) is 0 Å². The summed E-state index contributed by atoms with van der Waals surface area (Å²) in [6.07, 6.45) is 4.76. The van der Waals surface area contributed by atoms with Crippen molar-refractivity contribution in [1.29, 1.82) is 0 Å². The molecule has 2 rings (SSSR count). The zero-order chi connectivity index (χ0) is 13.8. The van der Waals surface area contributed by atoms with E-state index >= 15 is 0 Å². The molecule has 2 aliphatic heterocycles. The van der Waals surface area contributed by atoms with Crippen LogP contribution in [0.4, 0.5) is 0 Å². The number of hydrogen-bond acceptors (Lipinski definition) is 3. The van der Waals surface area contributed by atoms with E-state index in [9.17, 15) is 4.79 Å². The first-order valence-electron chi connectivity index (χ1n) is 7.81. The highest BCUT2D eigenvalue weighted by molar-refractivity contribution is 5.81. The lowest BCUT2D eigenvalue weighted by molar-refractivity contribution is -0.134. The molecule has 110 valence electrons. The molecule has 2 fully saturated rings. The van der Waals surface area contributed by atoms with Gasteiger partial charge in [0.15, 0.2) is 0 Å². The van der Waals surface area contributed by atoms with E-state index in [1.807, 2.05) is 11.8 Å². The Morgan fingerprint density at radius 1 is 1.21 bits per heavy atom. The molecule has 0 aromatic carbocycles. The number of rotatable bonds is 3. The van der Waals surface area contributed by atoms with Crippen molar-refractivity contribution in [3.05, 3.63) is 0 Å². The van der Waals surface area contributed by atoms with Gasteiger partial charge in [-0.25, -0.2) is 0 Å². The van der Waals surface area contributed by atoms with Gasteiger partial charge in [-0.2, -0.15) is 0 Å². The molecule has 4 nitrogen and oxygen atoms in total. The van der Waals surface area contributed by atoms with E-state index < -0.39 is 0 Å². The van der Waals surface area contributed by atoms with Gasteiger partial charge in [-0.15, -0.1) is 0 Å². The number of amides is 1. The number of carbonyl (C=O) groups excluding carboxylic acids is 1. The molecule has 2 heterocycles. The molecule has 0 aromatic heterocycles. The molecule has 1 amide bonds. The van der Waals surface area contributed by atoms with Gasteiger partial charge in [-0.3, -0.25) is 4.79 Å². The van der Waals surface area contributed by atoms with Gasteiger partial charge in [0, 0.05) is 25.7 Å². The summed E-state index contributed by atoms with van der Waals surface area (Å²) < 4.78 is 0. The zero-order valence-corrected chi connectivity index (χ0v) is 12.7. The average molecular weight is 267 g/mol. The number of hydrogen-bond donors (Lipinski definition) is 1. The summed E-state index contributed by atoms with van der Waals surface area (Å²) in [4.78, 5) is 16.8. The Bertz CT molecular complexity index is 302. The Morgan fingerprint density at radius 3 is 2.53 bits per heavy atom. The fraction of sp³-hybridized carbons (Fsp3) is 0.933. The molecule has 0 saturated carbocycles. The normalized spacial score (nSPS) is 31.2. The first kappa shape index (κ1) is 14.8.